The number of nitrogens with zero attached hydrogens (tertiary/aromatic N) is 3. The fourth-order valence-electron chi connectivity index (χ4n) is 1.59. The lowest BCUT2D eigenvalue weighted by Crippen LogP contribution is -2.29. The van der Waals surface area contributed by atoms with Gasteiger partial charge in [-0.2, -0.15) is 10.2 Å². The Morgan fingerprint density at radius 3 is 3.11 bits per heavy atom. The zero-order valence-electron chi connectivity index (χ0n) is 10.3. The van der Waals surface area contributed by atoms with Crippen LogP contribution in [0.5, 0.6) is 0 Å². The van der Waals surface area contributed by atoms with Gasteiger partial charge in [-0.3, -0.25) is 14.6 Å². The van der Waals surface area contributed by atoms with Gasteiger partial charge in [0.25, 0.3) is 0 Å². The number of pyridine rings is 1. The van der Waals surface area contributed by atoms with Crippen molar-refractivity contribution in [2.75, 3.05) is 0 Å². The molecule has 1 aliphatic rings. The van der Waals surface area contributed by atoms with E-state index in [1.165, 1.54) is 6.21 Å². The quantitative estimate of drug-likeness (QED) is 0.590. The third kappa shape index (κ3) is 3.44. The first-order valence-electron chi connectivity index (χ1n) is 5.73. The zero-order chi connectivity index (χ0) is 13.7. The fourth-order valence-corrected chi connectivity index (χ4v) is 1.59. The average molecular weight is 259 g/mol. The second kappa shape index (κ2) is 5.85. The van der Waals surface area contributed by atoms with Crippen LogP contribution in [-0.2, 0) is 9.59 Å². The lowest BCUT2D eigenvalue weighted by atomic mass is 10.0. The van der Waals surface area contributed by atoms with Crippen molar-refractivity contribution in [2.45, 2.75) is 13.3 Å². The molecule has 2 rings (SSSR count). The Labute approximate surface area is 109 Å². The molecular weight excluding hydrogens is 246 g/mol. The smallest absolute Gasteiger partial charge is 0.249 e. The molecule has 1 aromatic heterocycles. The third-order valence-electron chi connectivity index (χ3n) is 2.64. The summed E-state index contributed by atoms with van der Waals surface area (Å²) >= 11 is 0. The van der Waals surface area contributed by atoms with E-state index in [-0.39, 0.29) is 18.2 Å². The standard InChI is InChI=1S/C12H13N5O2/c1-8-10(12(19)17-15-8)5-11(18)16-14-7-9-3-2-4-13-6-9/h2-4,6-7,10H,5H2,1H3,(H,16,18)(H,17,19)/b14-7+. The highest BCUT2D eigenvalue weighted by Gasteiger charge is 2.28. The summed E-state index contributed by atoms with van der Waals surface area (Å²) in [5, 5.41) is 7.57. The first-order chi connectivity index (χ1) is 9.16. The van der Waals surface area contributed by atoms with Gasteiger partial charge >= 0.3 is 0 Å². The molecule has 2 heterocycles. The summed E-state index contributed by atoms with van der Waals surface area (Å²) in [4.78, 5) is 26.9. The first kappa shape index (κ1) is 12.9. The maximum Gasteiger partial charge on any atom is 0.249 e. The van der Waals surface area contributed by atoms with Crippen molar-refractivity contribution < 1.29 is 9.59 Å². The summed E-state index contributed by atoms with van der Waals surface area (Å²) < 4.78 is 0. The number of nitrogens with one attached hydrogen (secondary N) is 2. The van der Waals surface area contributed by atoms with E-state index in [4.69, 9.17) is 0 Å². The number of aromatic nitrogens is 1. The monoisotopic (exact) mass is 259 g/mol. The van der Waals surface area contributed by atoms with Crippen LogP contribution in [0.2, 0.25) is 0 Å². The topological polar surface area (TPSA) is 95.8 Å². The van der Waals surface area contributed by atoms with Crippen molar-refractivity contribution in [3.63, 3.8) is 0 Å². The number of carbonyl (C=O) groups excluding carboxylic acids is 2. The summed E-state index contributed by atoms with van der Waals surface area (Å²) in [6.07, 6.45) is 4.79. The molecule has 7 nitrogen and oxygen atoms in total. The second-order valence-corrected chi connectivity index (χ2v) is 4.07. The van der Waals surface area contributed by atoms with Gasteiger partial charge in [0.05, 0.1) is 12.1 Å². The molecule has 0 aliphatic carbocycles. The Kier molecular flexibility index (Phi) is 3.97. The lowest BCUT2D eigenvalue weighted by molar-refractivity contribution is -0.127. The van der Waals surface area contributed by atoms with Crippen molar-refractivity contribution in [1.29, 1.82) is 0 Å². The van der Waals surface area contributed by atoms with Crippen LogP contribution >= 0.6 is 0 Å². The molecule has 0 aromatic carbocycles. The molecule has 0 saturated heterocycles. The van der Waals surface area contributed by atoms with Crippen LogP contribution in [0.1, 0.15) is 18.9 Å². The highest BCUT2D eigenvalue weighted by Crippen LogP contribution is 2.11. The van der Waals surface area contributed by atoms with Gasteiger partial charge in [-0.25, -0.2) is 10.9 Å². The Bertz CT molecular complexity index is 538. The minimum Gasteiger partial charge on any atom is -0.273 e. The van der Waals surface area contributed by atoms with E-state index in [1.807, 2.05) is 6.07 Å². The number of rotatable bonds is 4. The van der Waals surface area contributed by atoms with Crippen molar-refractivity contribution in [3.05, 3.63) is 30.1 Å². The highest BCUT2D eigenvalue weighted by molar-refractivity contribution is 6.09. The molecule has 1 atom stereocenters. The van der Waals surface area contributed by atoms with Gasteiger partial charge in [0.15, 0.2) is 0 Å². The Morgan fingerprint density at radius 2 is 2.47 bits per heavy atom. The lowest BCUT2D eigenvalue weighted by Gasteiger charge is -2.05. The molecule has 1 unspecified atom stereocenters. The molecule has 2 amide bonds. The van der Waals surface area contributed by atoms with E-state index in [0.29, 0.717) is 5.71 Å². The summed E-state index contributed by atoms with van der Waals surface area (Å²) in [6.45, 7) is 1.70. The number of hydrogen-bond donors (Lipinski definition) is 2. The summed E-state index contributed by atoms with van der Waals surface area (Å²) in [5.41, 5.74) is 6.08. The predicted molar refractivity (Wildman–Crippen MR) is 69.3 cm³/mol. The summed E-state index contributed by atoms with van der Waals surface area (Å²) in [7, 11) is 0. The molecule has 0 bridgehead atoms. The SMILES string of the molecule is CC1=NNC(=O)C1CC(=O)N/N=C/c1cccnc1. The van der Waals surface area contributed by atoms with Crippen molar-refractivity contribution >= 4 is 23.7 Å². The maximum atomic E-state index is 11.6. The van der Waals surface area contributed by atoms with E-state index in [2.05, 4.69) is 26.0 Å². The van der Waals surface area contributed by atoms with Crippen molar-refractivity contribution in [2.24, 2.45) is 16.1 Å². The van der Waals surface area contributed by atoms with E-state index >= 15 is 0 Å². The van der Waals surface area contributed by atoms with Gasteiger partial charge in [-0.1, -0.05) is 6.07 Å². The molecule has 7 heteroatoms. The minimum absolute atomic E-state index is 0.0333. The normalized spacial score (nSPS) is 18.3. The van der Waals surface area contributed by atoms with Crippen LogP contribution in [0.4, 0.5) is 0 Å². The zero-order valence-corrected chi connectivity index (χ0v) is 10.3. The van der Waals surface area contributed by atoms with Gasteiger partial charge in [0.2, 0.25) is 11.8 Å². The molecular formula is C12H13N5O2. The largest absolute Gasteiger partial charge is 0.273 e. The van der Waals surface area contributed by atoms with Crippen LogP contribution < -0.4 is 10.9 Å². The predicted octanol–water partition coefficient (Wildman–Crippen LogP) is 0.0437. The number of amides is 2. The molecule has 0 saturated carbocycles. The molecule has 1 aliphatic heterocycles. The third-order valence-corrected chi connectivity index (χ3v) is 2.64. The summed E-state index contributed by atoms with van der Waals surface area (Å²) in [6, 6.07) is 3.58. The van der Waals surface area contributed by atoms with Crippen LogP contribution in [-0.4, -0.2) is 28.7 Å². The van der Waals surface area contributed by atoms with E-state index < -0.39 is 5.92 Å². The molecule has 0 spiro atoms. The van der Waals surface area contributed by atoms with Crippen molar-refractivity contribution in [3.8, 4) is 0 Å². The highest BCUT2D eigenvalue weighted by atomic mass is 16.2. The molecule has 0 fully saturated rings. The van der Waals surface area contributed by atoms with E-state index in [1.54, 1.807) is 25.4 Å². The Balaban J connectivity index is 1.84. The molecule has 0 radical (unpaired) electrons. The number of carbonyl (C=O) groups is 2. The van der Waals surface area contributed by atoms with Gasteiger partial charge in [-0.15, -0.1) is 0 Å². The minimum atomic E-state index is -0.506. The molecule has 1 aromatic rings. The number of hydrazone groups is 2. The second-order valence-electron chi connectivity index (χ2n) is 4.07. The number of hydrogen-bond acceptors (Lipinski definition) is 5. The Morgan fingerprint density at radius 1 is 1.63 bits per heavy atom. The maximum absolute atomic E-state index is 11.6. The van der Waals surface area contributed by atoms with E-state index in [0.717, 1.165) is 5.56 Å². The molecule has 19 heavy (non-hydrogen) atoms. The van der Waals surface area contributed by atoms with Gasteiger partial charge in [0.1, 0.15) is 0 Å². The van der Waals surface area contributed by atoms with Crippen LogP contribution in [0.15, 0.2) is 34.7 Å². The molecule has 2 N–H and O–H groups in total. The summed E-state index contributed by atoms with van der Waals surface area (Å²) in [5.74, 6) is -1.10. The molecule has 98 valence electrons. The van der Waals surface area contributed by atoms with Crippen LogP contribution in [0.25, 0.3) is 0 Å². The first-order valence-corrected chi connectivity index (χ1v) is 5.73. The van der Waals surface area contributed by atoms with E-state index in [9.17, 15) is 9.59 Å². The van der Waals surface area contributed by atoms with Crippen LogP contribution in [0.3, 0.4) is 0 Å². The van der Waals surface area contributed by atoms with Gasteiger partial charge in [0, 0.05) is 30.1 Å². The fraction of sp³-hybridized carbons (Fsp3) is 0.250. The van der Waals surface area contributed by atoms with Gasteiger partial charge in [-0.05, 0) is 13.0 Å². The van der Waals surface area contributed by atoms with Gasteiger partial charge < -0.3 is 0 Å². The Hall–Kier alpha value is -2.57. The average Bonchev–Trinajstić information content (AvgIpc) is 2.72. The van der Waals surface area contributed by atoms with Crippen LogP contribution in [0, 0.1) is 5.92 Å². The van der Waals surface area contributed by atoms with Crippen molar-refractivity contribution in [1.82, 2.24) is 15.8 Å².